The van der Waals surface area contributed by atoms with Gasteiger partial charge in [0.25, 0.3) is 0 Å². The normalized spacial score (nSPS) is 25.3. The molecule has 2 unspecified atom stereocenters. The molecule has 3 nitrogen and oxygen atoms in total. The lowest BCUT2D eigenvalue weighted by atomic mass is 10.2. The molecular formula is C10H18O3S. The van der Waals surface area contributed by atoms with Crippen LogP contribution in [0, 0.1) is 5.92 Å². The molecule has 0 aromatic heterocycles. The number of hydrogen-bond acceptors (Lipinski definition) is 3. The summed E-state index contributed by atoms with van der Waals surface area (Å²) >= 11 is 0. The monoisotopic (exact) mass is 218 g/mol. The zero-order valence-corrected chi connectivity index (χ0v) is 9.64. The van der Waals surface area contributed by atoms with Crippen LogP contribution in [0.4, 0.5) is 0 Å². The number of Topliss-reactive ketones (excluding diaryl/α,β-unsaturated/α-hetero) is 1. The first kappa shape index (κ1) is 11.7. The van der Waals surface area contributed by atoms with Gasteiger partial charge in [-0.15, -0.1) is 0 Å². The van der Waals surface area contributed by atoms with E-state index in [0.29, 0.717) is 12.8 Å². The summed E-state index contributed by atoms with van der Waals surface area (Å²) in [5, 5.41) is -0.684. The Labute approximate surface area is 85.8 Å². The molecule has 0 heterocycles. The predicted octanol–water partition coefficient (Wildman–Crippen LogP) is 1.57. The van der Waals surface area contributed by atoms with E-state index in [2.05, 4.69) is 0 Å². The third-order valence-electron chi connectivity index (χ3n) is 2.90. The first-order valence-corrected chi connectivity index (χ1v) is 6.93. The van der Waals surface area contributed by atoms with Gasteiger partial charge >= 0.3 is 0 Å². The van der Waals surface area contributed by atoms with Gasteiger partial charge in [-0.3, -0.25) is 4.79 Å². The molecule has 0 spiro atoms. The summed E-state index contributed by atoms with van der Waals surface area (Å²) in [7, 11) is -3.17. The maximum atomic E-state index is 11.8. The van der Waals surface area contributed by atoms with E-state index in [1.54, 1.807) is 0 Å². The fraction of sp³-hybridized carbons (Fsp3) is 0.900. The van der Waals surface area contributed by atoms with Crippen LogP contribution < -0.4 is 0 Å². The molecule has 82 valence electrons. The van der Waals surface area contributed by atoms with E-state index in [-0.39, 0.29) is 17.5 Å². The summed E-state index contributed by atoms with van der Waals surface area (Å²) < 4.78 is 23.6. The number of rotatable bonds is 4. The lowest BCUT2D eigenvalue weighted by molar-refractivity contribution is -0.117. The maximum Gasteiger partial charge on any atom is 0.160 e. The Morgan fingerprint density at radius 1 is 1.50 bits per heavy atom. The molecular weight excluding hydrogens is 200 g/mol. The molecule has 4 heteroatoms. The minimum Gasteiger partial charge on any atom is -0.298 e. The van der Waals surface area contributed by atoms with Crippen molar-refractivity contribution in [3.8, 4) is 0 Å². The van der Waals surface area contributed by atoms with Gasteiger partial charge in [0.1, 0.15) is 5.25 Å². The van der Waals surface area contributed by atoms with Gasteiger partial charge in [-0.05, 0) is 18.8 Å². The molecule has 1 aliphatic carbocycles. The molecule has 0 bridgehead atoms. The highest BCUT2D eigenvalue weighted by molar-refractivity contribution is 7.92. The highest BCUT2D eigenvalue weighted by Gasteiger charge is 2.36. The topological polar surface area (TPSA) is 51.2 Å². The lowest BCUT2D eigenvalue weighted by Gasteiger charge is -2.13. The molecule has 14 heavy (non-hydrogen) atoms. The molecule has 1 saturated carbocycles. The van der Waals surface area contributed by atoms with Crippen molar-refractivity contribution < 1.29 is 13.2 Å². The number of carbonyl (C=O) groups excluding carboxylic acids is 1. The fourth-order valence-corrected chi connectivity index (χ4v) is 4.10. The second-order valence-electron chi connectivity index (χ2n) is 4.19. The molecule has 1 rings (SSSR count). The first-order chi connectivity index (χ1) is 6.47. The van der Waals surface area contributed by atoms with E-state index in [4.69, 9.17) is 0 Å². The molecule has 0 amide bonds. The van der Waals surface area contributed by atoms with Crippen molar-refractivity contribution in [3.63, 3.8) is 0 Å². The van der Waals surface area contributed by atoms with Crippen LogP contribution in [0.25, 0.3) is 0 Å². The number of ketones is 1. The molecule has 0 aromatic rings. The lowest BCUT2D eigenvalue weighted by Crippen LogP contribution is -2.29. The molecule has 0 aliphatic heterocycles. The minimum absolute atomic E-state index is 0.0756. The molecule has 0 radical (unpaired) electrons. The Bertz CT molecular complexity index is 305. The Morgan fingerprint density at radius 3 is 2.57 bits per heavy atom. The zero-order chi connectivity index (χ0) is 10.8. The Kier molecular flexibility index (Phi) is 3.70. The summed E-state index contributed by atoms with van der Waals surface area (Å²) in [5.41, 5.74) is 0. The van der Waals surface area contributed by atoms with Gasteiger partial charge in [0, 0.05) is 6.42 Å². The van der Waals surface area contributed by atoms with Crippen molar-refractivity contribution in [1.82, 2.24) is 0 Å². The van der Waals surface area contributed by atoms with Gasteiger partial charge in [0.2, 0.25) is 0 Å². The summed E-state index contributed by atoms with van der Waals surface area (Å²) in [5.74, 6) is 0.251. The maximum absolute atomic E-state index is 11.8. The van der Waals surface area contributed by atoms with Gasteiger partial charge in [-0.25, -0.2) is 8.42 Å². The highest BCUT2D eigenvalue weighted by atomic mass is 32.2. The third-order valence-corrected chi connectivity index (χ3v) is 5.30. The molecule has 0 saturated heterocycles. The van der Waals surface area contributed by atoms with Crippen LogP contribution in [0.2, 0.25) is 0 Å². The second kappa shape index (κ2) is 4.43. The van der Waals surface area contributed by atoms with E-state index < -0.39 is 15.1 Å². The largest absolute Gasteiger partial charge is 0.298 e. The Balaban J connectivity index is 2.70. The second-order valence-corrected chi connectivity index (χ2v) is 6.42. The van der Waals surface area contributed by atoms with Crippen LogP contribution in [0.1, 0.15) is 39.5 Å². The van der Waals surface area contributed by atoms with E-state index in [1.807, 2.05) is 13.8 Å². The number of sulfone groups is 1. The van der Waals surface area contributed by atoms with Crippen molar-refractivity contribution in [3.05, 3.63) is 0 Å². The fourth-order valence-electron chi connectivity index (χ4n) is 1.79. The minimum atomic E-state index is -3.17. The van der Waals surface area contributed by atoms with Crippen molar-refractivity contribution in [1.29, 1.82) is 0 Å². The van der Waals surface area contributed by atoms with Crippen molar-refractivity contribution in [2.75, 3.05) is 5.75 Å². The van der Waals surface area contributed by atoms with Crippen LogP contribution in [0.3, 0.4) is 0 Å². The quantitative estimate of drug-likeness (QED) is 0.719. The van der Waals surface area contributed by atoms with E-state index in [0.717, 1.165) is 12.8 Å². The summed E-state index contributed by atoms with van der Waals surface area (Å²) in [6.07, 6.45) is 2.57. The van der Waals surface area contributed by atoms with Gasteiger partial charge in [-0.1, -0.05) is 20.3 Å². The van der Waals surface area contributed by atoms with E-state index >= 15 is 0 Å². The molecule has 1 aliphatic rings. The smallest absolute Gasteiger partial charge is 0.160 e. The Morgan fingerprint density at radius 2 is 2.14 bits per heavy atom. The number of hydrogen-bond donors (Lipinski definition) is 0. The summed E-state index contributed by atoms with van der Waals surface area (Å²) in [6, 6.07) is 0. The van der Waals surface area contributed by atoms with Crippen LogP contribution in [-0.2, 0) is 14.6 Å². The van der Waals surface area contributed by atoms with Crippen molar-refractivity contribution in [2.24, 2.45) is 5.92 Å². The third kappa shape index (κ3) is 2.56. The molecule has 0 aromatic carbocycles. The average Bonchev–Trinajstić information content (AvgIpc) is 2.51. The first-order valence-electron chi connectivity index (χ1n) is 5.21. The molecule has 2 atom stereocenters. The predicted molar refractivity (Wildman–Crippen MR) is 55.9 cm³/mol. The van der Waals surface area contributed by atoms with Crippen LogP contribution in [-0.4, -0.2) is 25.2 Å². The summed E-state index contributed by atoms with van der Waals surface area (Å²) in [4.78, 5) is 11.3. The standard InChI is InChI=1S/C10H18O3S/c1-3-8(2)7-14(12,13)10-6-4-5-9(10)11/h8,10H,3-7H2,1-2H3. The average molecular weight is 218 g/mol. The van der Waals surface area contributed by atoms with E-state index in [9.17, 15) is 13.2 Å². The van der Waals surface area contributed by atoms with Crippen LogP contribution >= 0.6 is 0 Å². The van der Waals surface area contributed by atoms with Gasteiger partial charge in [0.05, 0.1) is 5.75 Å². The molecule has 0 N–H and O–H groups in total. The van der Waals surface area contributed by atoms with Gasteiger partial charge < -0.3 is 0 Å². The number of carbonyl (C=O) groups is 1. The van der Waals surface area contributed by atoms with Crippen molar-refractivity contribution >= 4 is 15.6 Å². The summed E-state index contributed by atoms with van der Waals surface area (Å²) in [6.45, 7) is 3.88. The molecule has 1 fully saturated rings. The van der Waals surface area contributed by atoms with Crippen LogP contribution in [0.15, 0.2) is 0 Å². The Hall–Kier alpha value is -0.380. The van der Waals surface area contributed by atoms with Gasteiger partial charge in [-0.2, -0.15) is 0 Å². The zero-order valence-electron chi connectivity index (χ0n) is 8.82. The highest BCUT2D eigenvalue weighted by Crippen LogP contribution is 2.23. The van der Waals surface area contributed by atoms with E-state index in [1.165, 1.54) is 0 Å². The van der Waals surface area contributed by atoms with Gasteiger partial charge in [0.15, 0.2) is 15.6 Å². The van der Waals surface area contributed by atoms with Crippen LogP contribution in [0.5, 0.6) is 0 Å². The SMILES string of the molecule is CCC(C)CS(=O)(=O)C1CCCC1=O. The van der Waals surface area contributed by atoms with Crippen molar-refractivity contribution in [2.45, 2.75) is 44.8 Å².